The number of anilines is 3. The molecule has 3 aromatic carbocycles. The SMILES string of the molecule is Cc1ccc(NC(=O)C[C@@]2(NC(=O)Nc3ccc(C)cc3)C(=O)Nc3c(C)cccc32)cc1. The van der Waals surface area contributed by atoms with Gasteiger partial charge in [-0.05, 0) is 50.6 Å². The van der Waals surface area contributed by atoms with Gasteiger partial charge in [0.15, 0.2) is 5.54 Å². The average Bonchev–Trinajstić information content (AvgIpc) is 3.04. The first-order valence-corrected chi connectivity index (χ1v) is 10.7. The summed E-state index contributed by atoms with van der Waals surface area (Å²) in [6.45, 7) is 5.78. The number of rotatable bonds is 5. The van der Waals surface area contributed by atoms with Crippen molar-refractivity contribution in [2.75, 3.05) is 16.0 Å². The first kappa shape index (κ1) is 22.1. The number of benzene rings is 3. The standard InChI is InChI=1S/C26H26N4O3/c1-16-7-11-19(12-8-16)27-22(31)15-26(21-6-4-5-18(3)23(21)29-24(26)32)30-25(33)28-20-13-9-17(2)10-14-20/h4-14H,15H2,1-3H3,(H,27,31)(H,29,32)(H2,28,30,33)/t26-/m0/s1. The number of amides is 4. The third kappa shape index (κ3) is 4.57. The van der Waals surface area contributed by atoms with E-state index in [1.54, 1.807) is 36.4 Å². The van der Waals surface area contributed by atoms with Gasteiger partial charge < -0.3 is 21.3 Å². The molecule has 4 rings (SSSR count). The van der Waals surface area contributed by atoms with E-state index in [9.17, 15) is 14.4 Å². The summed E-state index contributed by atoms with van der Waals surface area (Å²) < 4.78 is 0. The molecule has 1 atom stereocenters. The molecule has 4 amide bonds. The van der Waals surface area contributed by atoms with Crippen molar-refractivity contribution in [1.29, 1.82) is 0 Å². The van der Waals surface area contributed by atoms with E-state index in [1.807, 2.05) is 51.1 Å². The monoisotopic (exact) mass is 442 g/mol. The maximum atomic E-state index is 13.2. The Balaban J connectivity index is 1.63. The van der Waals surface area contributed by atoms with Crippen LogP contribution in [0.5, 0.6) is 0 Å². The van der Waals surface area contributed by atoms with Crippen molar-refractivity contribution in [3.8, 4) is 0 Å². The van der Waals surface area contributed by atoms with Gasteiger partial charge in [0.1, 0.15) is 0 Å². The van der Waals surface area contributed by atoms with Crippen LogP contribution < -0.4 is 21.3 Å². The van der Waals surface area contributed by atoms with E-state index < -0.39 is 17.5 Å². The highest BCUT2D eigenvalue weighted by Crippen LogP contribution is 2.40. The zero-order chi connectivity index (χ0) is 23.6. The molecule has 0 radical (unpaired) electrons. The zero-order valence-corrected chi connectivity index (χ0v) is 18.8. The third-order valence-electron chi connectivity index (χ3n) is 5.76. The van der Waals surface area contributed by atoms with E-state index in [2.05, 4.69) is 21.3 Å². The summed E-state index contributed by atoms with van der Waals surface area (Å²) in [5.41, 5.74) is 3.80. The van der Waals surface area contributed by atoms with E-state index in [4.69, 9.17) is 0 Å². The Morgan fingerprint density at radius 3 is 2.00 bits per heavy atom. The summed E-state index contributed by atoms with van der Waals surface area (Å²) in [7, 11) is 0. The third-order valence-corrected chi connectivity index (χ3v) is 5.76. The predicted octanol–water partition coefficient (Wildman–Crippen LogP) is 4.61. The molecule has 0 fully saturated rings. The summed E-state index contributed by atoms with van der Waals surface area (Å²) in [5.74, 6) is -0.844. The van der Waals surface area contributed by atoms with Gasteiger partial charge in [-0.15, -0.1) is 0 Å². The quantitative estimate of drug-likeness (QED) is 0.464. The van der Waals surface area contributed by atoms with Crippen LogP contribution in [0.2, 0.25) is 0 Å². The second kappa shape index (κ2) is 8.78. The number of carbonyl (C=O) groups excluding carboxylic acids is 3. The number of fused-ring (bicyclic) bond motifs is 1. The summed E-state index contributed by atoms with van der Waals surface area (Å²) in [6, 6.07) is 19.5. The van der Waals surface area contributed by atoms with Crippen LogP contribution in [-0.2, 0) is 15.1 Å². The van der Waals surface area contributed by atoms with Crippen LogP contribution in [-0.4, -0.2) is 17.8 Å². The molecule has 0 aliphatic carbocycles. The van der Waals surface area contributed by atoms with Gasteiger partial charge in [-0.2, -0.15) is 0 Å². The first-order chi connectivity index (χ1) is 15.8. The Bertz CT molecular complexity index is 1160. The molecule has 4 N–H and O–H groups in total. The lowest BCUT2D eigenvalue weighted by Crippen LogP contribution is -2.53. The average molecular weight is 443 g/mol. The summed E-state index contributed by atoms with van der Waals surface area (Å²) in [5, 5.41) is 11.2. The van der Waals surface area contributed by atoms with Crippen LogP contribution in [0, 0.1) is 20.8 Å². The number of urea groups is 1. The predicted molar refractivity (Wildman–Crippen MR) is 129 cm³/mol. The molecular formula is C26H26N4O3. The number of para-hydroxylation sites is 1. The second-order valence-corrected chi connectivity index (χ2v) is 8.39. The molecule has 1 aliphatic rings. The molecule has 1 heterocycles. The Labute approximate surface area is 192 Å². The molecule has 33 heavy (non-hydrogen) atoms. The topological polar surface area (TPSA) is 99.3 Å². The fraction of sp³-hybridized carbons (Fsp3) is 0.192. The van der Waals surface area contributed by atoms with Gasteiger partial charge in [-0.1, -0.05) is 53.6 Å². The van der Waals surface area contributed by atoms with Crippen LogP contribution in [0.25, 0.3) is 0 Å². The minimum Gasteiger partial charge on any atom is -0.326 e. The van der Waals surface area contributed by atoms with Gasteiger partial charge in [0, 0.05) is 22.6 Å². The van der Waals surface area contributed by atoms with Crippen LogP contribution in [0.4, 0.5) is 21.9 Å². The van der Waals surface area contributed by atoms with E-state index in [0.717, 1.165) is 16.7 Å². The second-order valence-electron chi connectivity index (χ2n) is 8.39. The van der Waals surface area contributed by atoms with Crippen molar-refractivity contribution in [1.82, 2.24) is 5.32 Å². The van der Waals surface area contributed by atoms with Crippen molar-refractivity contribution in [3.63, 3.8) is 0 Å². The maximum absolute atomic E-state index is 13.2. The molecule has 0 unspecified atom stereocenters. The van der Waals surface area contributed by atoms with E-state index in [-0.39, 0.29) is 12.3 Å². The Kier molecular flexibility index (Phi) is 5.87. The molecule has 0 bridgehead atoms. The molecule has 0 saturated heterocycles. The van der Waals surface area contributed by atoms with Gasteiger partial charge in [0.2, 0.25) is 5.91 Å². The smallest absolute Gasteiger partial charge is 0.320 e. The van der Waals surface area contributed by atoms with Gasteiger partial charge in [-0.25, -0.2) is 4.79 Å². The van der Waals surface area contributed by atoms with Crippen LogP contribution >= 0.6 is 0 Å². The normalized spacial score (nSPS) is 16.5. The van der Waals surface area contributed by atoms with Crippen molar-refractivity contribution < 1.29 is 14.4 Å². The Morgan fingerprint density at radius 1 is 0.818 bits per heavy atom. The number of hydrogen-bond acceptors (Lipinski definition) is 3. The van der Waals surface area contributed by atoms with Crippen molar-refractivity contribution in [2.45, 2.75) is 32.7 Å². The van der Waals surface area contributed by atoms with Gasteiger partial charge in [0.25, 0.3) is 5.91 Å². The number of hydrogen-bond donors (Lipinski definition) is 4. The summed E-state index contributed by atoms with van der Waals surface area (Å²) >= 11 is 0. The molecule has 0 saturated carbocycles. The largest absolute Gasteiger partial charge is 0.326 e. The van der Waals surface area contributed by atoms with E-state index in [0.29, 0.717) is 22.6 Å². The Hall–Kier alpha value is -4.13. The van der Waals surface area contributed by atoms with Crippen LogP contribution in [0.3, 0.4) is 0 Å². The molecule has 3 aromatic rings. The number of nitrogens with one attached hydrogen (secondary N) is 4. The van der Waals surface area contributed by atoms with Gasteiger partial charge in [0.05, 0.1) is 6.42 Å². The summed E-state index contributed by atoms with van der Waals surface area (Å²) in [6.07, 6.45) is -0.259. The highest BCUT2D eigenvalue weighted by molar-refractivity contribution is 6.12. The van der Waals surface area contributed by atoms with Crippen LogP contribution in [0.1, 0.15) is 28.7 Å². The minimum atomic E-state index is -1.55. The molecule has 1 aliphatic heterocycles. The molecule has 0 spiro atoms. The molecule has 7 heteroatoms. The Morgan fingerprint density at radius 2 is 1.39 bits per heavy atom. The van der Waals surface area contributed by atoms with Gasteiger partial charge in [-0.3, -0.25) is 9.59 Å². The van der Waals surface area contributed by atoms with Gasteiger partial charge >= 0.3 is 6.03 Å². The lowest BCUT2D eigenvalue weighted by Gasteiger charge is -2.28. The molecule has 0 aromatic heterocycles. The lowest BCUT2D eigenvalue weighted by molar-refractivity contribution is -0.126. The number of aryl methyl sites for hydroxylation is 3. The van der Waals surface area contributed by atoms with Crippen molar-refractivity contribution in [2.24, 2.45) is 0 Å². The summed E-state index contributed by atoms with van der Waals surface area (Å²) in [4.78, 5) is 39.2. The zero-order valence-electron chi connectivity index (χ0n) is 18.8. The molecular weight excluding hydrogens is 416 g/mol. The fourth-order valence-electron chi connectivity index (χ4n) is 3.95. The molecule has 7 nitrogen and oxygen atoms in total. The van der Waals surface area contributed by atoms with E-state index in [1.165, 1.54) is 0 Å². The first-order valence-electron chi connectivity index (χ1n) is 10.7. The highest BCUT2D eigenvalue weighted by atomic mass is 16.2. The number of carbonyl (C=O) groups is 3. The van der Waals surface area contributed by atoms with E-state index >= 15 is 0 Å². The fourth-order valence-corrected chi connectivity index (χ4v) is 3.95. The van der Waals surface area contributed by atoms with Crippen LogP contribution in [0.15, 0.2) is 66.7 Å². The van der Waals surface area contributed by atoms with Crippen molar-refractivity contribution >= 4 is 34.9 Å². The maximum Gasteiger partial charge on any atom is 0.320 e. The minimum absolute atomic E-state index is 0.259. The van der Waals surface area contributed by atoms with Crippen molar-refractivity contribution in [3.05, 3.63) is 89.0 Å². The highest BCUT2D eigenvalue weighted by Gasteiger charge is 2.50. The lowest BCUT2D eigenvalue weighted by atomic mass is 9.86. The molecule has 168 valence electrons.